The van der Waals surface area contributed by atoms with Crippen molar-refractivity contribution in [2.75, 3.05) is 29.9 Å². The molecule has 112 valence electrons. The van der Waals surface area contributed by atoms with Crippen LogP contribution in [0.25, 0.3) is 0 Å². The molecule has 20 heavy (non-hydrogen) atoms. The summed E-state index contributed by atoms with van der Waals surface area (Å²) in [6, 6.07) is 0.883. The predicted octanol–water partition coefficient (Wildman–Crippen LogP) is 2.47. The zero-order valence-corrected chi connectivity index (χ0v) is 12.7. The van der Waals surface area contributed by atoms with Crippen LogP contribution < -0.4 is 15.0 Å². The fraction of sp³-hybridized carbons (Fsp3) is 0.786. The lowest BCUT2D eigenvalue weighted by Gasteiger charge is -2.33. The molecule has 0 aromatic carbocycles. The number of rotatable bonds is 6. The van der Waals surface area contributed by atoms with Crippen LogP contribution in [-0.2, 0) is 0 Å². The van der Waals surface area contributed by atoms with Gasteiger partial charge < -0.3 is 15.0 Å². The maximum Gasteiger partial charge on any atom is 0.323 e. The summed E-state index contributed by atoms with van der Waals surface area (Å²) in [6.07, 6.45) is 4.69. The lowest BCUT2D eigenvalue weighted by atomic mass is 10.0. The lowest BCUT2D eigenvalue weighted by molar-refractivity contribution is 0.311. The second-order valence-electron chi connectivity index (χ2n) is 5.14. The van der Waals surface area contributed by atoms with E-state index in [2.05, 4.69) is 39.0 Å². The fourth-order valence-electron chi connectivity index (χ4n) is 2.38. The number of hydrogen-bond acceptors (Lipinski definition) is 6. The molecule has 0 bridgehead atoms. The van der Waals surface area contributed by atoms with Gasteiger partial charge in [-0.15, -0.1) is 0 Å². The first-order valence-electron chi connectivity index (χ1n) is 7.64. The zero-order valence-electron chi connectivity index (χ0n) is 12.7. The molecule has 1 aromatic rings. The molecule has 1 N–H and O–H groups in total. The van der Waals surface area contributed by atoms with E-state index in [1.807, 2.05) is 6.92 Å². The van der Waals surface area contributed by atoms with Crippen LogP contribution in [-0.4, -0.2) is 40.7 Å². The molecule has 2 heterocycles. The average Bonchev–Trinajstić information content (AvgIpc) is 2.46. The van der Waals surface area contributed by atoms with Crippen LogP contribution in [0.2, 0.25) is 0 Å². The SMILES string of the molecule is CCCNc1nc(OCC)nc(N2CCCCC2C)n1. The Bertz CT molecular complexity index is 426. The molecule has 0 amide bonds. The van der Waals surface area contributed by atoms with E-state index in [1.54, 1.807) is 0 Å². The monoisotopic (exact) mass is 279 g/mol. The van der Waals surface area contributed by atoms with Gasteiger partial charge in [-0.05, 0) is 39.5 Å². The van der Waals surface area contributed by atoms with Gasteiger partial charge in [0.2, 0.25) is 11.9 Å². The summed E-state index contributed by atoms with van der Waals surface area (Å²) in [4.78, 5) is 15.5. The van der Waals surface area contributed by atoms with Crippen molar-refractivity contribution in [3.8, 4) is 6.01 Å². The summed E-state index contributed by atoms with van der Waals surface area (Å²) in [6.45, 7) is 8.70. The van der Waals surface area contributed by atoms with Crippen molar-refractivity contribution < 1.29 is 4.74 Å². The van der Waals surface area contributed by atoms with E-state index in [1.165, 1.54) is 19.3 Å². The van der Waals surface area contributed by atoms with Crippen molar-refractivity contribution in [3.05, 3.63) is 0 Å². The van der Waals surface area contributed by atoms with Gasteiger partial charge >= 0.3 is 6.01 Å². The molecule has 1 unspecified atom stereocenters. The minimum atomic E-state index is 0.411. The van der Waals surface area contributed by atoms with Crippen molar-refractivity contribution in [2.45, 2.75) is 52.5 Å². The smallest absolute Gasteiger partial charge is 0.323 e. The second-order valence-corrected chi connectivity index (χ2v) is 5.14. The van der Waals surface area contributed by atoms with Crippen molar-refractivity contribution in [2.24, 2.45) is 0 Å². The highest BCUT2D eigenvalue weighted by atomic mass is 16.5. The molecule has 1 saturated heterocycles. The molecule has 0 radical (unpaired) electrons. The first-order valence-corrected chi connectivity index (χ1v) is 7.64. The number of ether oxygens (including phenoxy) is 1. The minimum absolute atomic E-state index is 0.411. The lowest BCUT2D eigenvalue weighted by Crippen LogP contribution is -2.38. The Morgan fingerprint density at radius 2 is 2.10 bits per heavy atom. The van der Waals surface area contributed by atoms with E-state index in [9.17, 15) is 0 Å². The first kappa shape index (κ1) is 14.8. The summed E-state index contributed by atoms with van der Waals surface area (Å²) in [7, 11) is 0. The van der Waals surface area contributed by atoms with Gasteiger partial charge in [0.1, 0.15) is 0 Å². The summed E-state index contributed by atoms with van der Waals surface area (Å²) >= 11 is 0. The quantitative estimate of drug-likeness (QED) is 0.863. The molecule has 1 fully saturated rings. The number of nitrogens with zero attached hydrogens (tertiary/aromatic N) is 4. The van der Waals surface area contributed by atoms with Crippen LogP contribution >= 0.6 is 0 Å². The molecular formula is C14H25N5O. The van der Waals surface area contributed by atoms with E-state index in [4.69, 9.17) is 4.74 Å². The van der Waals surface area contributed by atoms with Crippen molar-refractivity contribution >= 4 is 11.9 Å². The average molecular weight is 279 g/mol. The number of hydrogen-bond donors (Lipinski definition) is 1. The number of anilines is 2. The Kier molecular flexibility index (Phi) is 5.38. The fourth-order valence-corrected chi connectivity index (χ4v) is 2.38. The van der Waals surface area contributed by atoms with Crippen molar-refractivity contribution in [1.82, 2.24) is 15.0 Å². The molecule has 2 rings (SSSR count). The van der Waals surface area contributed by atoms with Gasteiger partial charge in [0.15, 0.2) is 0 Å². The molecule has 0 aliphatic carbocycles. The highest BCUT2D eigenvalue weighted by Gasteiger charge is 2.22. The molecular weight excluding hydrogens is 254 g/mol. The van der Waals surface area contributed by atoms with Gasteiger partial charge in [-0.2, -0.15) is 15.0 Å². The molecule has 6 nitrogen and oxygen atoms in total. The Morgan fingerprint density at radius 3 is 2.80 bits per heavy atom. The van der Waals surface area contributed by atoms with E-state index in [0.717, 1.165) is 25.5 Å². The first-order chi connectivity index (χ1) is 9.74. The van der Waals surface area contributed by atoms with Gasteiger partial charge in [-0.25, -0.2) is 0 Å². The van der Waals surface area contributed by atoms with Crippen LogP contribution in [0.1, 0.15) is 46.5 Å². The van der Waals surface area contributed by atoms with Crippen LogP contribution in [0, 0.1) is 0 Å². The number of aromatic nitrogens is 3. The van der Waals surface area contributed by atoms with E-state index >= 15 is 0 Å². The highest BCUT2D eigenvalue weighted by molar-refractivity contribution is 5.39. The molecule has 1 aliphatic heterocycles. The van der Waals surface area contributed by atoms with Crippen molar-refractivity contribution in [1.29, 1.82) is 0 Å². The van der Waals surface area contributed by atoms with Gasteiger partial charge in [0.25, 0.3) is 0 Å². The van der Waals surface area contributed by atoms with Crippen LogP contribution in [0.5, 0.6) is 6.01 Å². The molecule has 6 heteroatoms. The third kappa shape index (κ3) is 3.71. The molecule has 0 spiro atoms. The summed E-state index contributed by atoms with van der Waals surface area (Å²) in [5, 5.41) is 3.22. The van der Waals surface area contributed by atoms with Gasteiger partial charge in [0.05, 0.1) is 6.61 Å². The van der Waals surface area contributed by atoms with Gasteiger partial charge in [0, 0.05) is 19.1 Å². The summed E-state index contributed by atoms with van der Waals surface area (Å²) in [5.41, 5.74) is 0. The van der Waals surface area contributed by atoms with Crippen LogP contribution in [0.3, 0.4) is 0 Å². The number of piperidine rings is 1. The predicted molar refractivity (Wildman–Crippen MR) is 80.4 cm³/mol. The largest absolute Gasteiger partial charge is 0.464 e. The third-order valence-corrected chi connectivity index (χ3v) is 3.47. The summed E-state index contributed by atoms with van der Waals surface area (Å²) < 4.78 is 5.46. The highest BCUT2D eigenvalue weighted by Crippen LogP contribution is 2.23. The zero-order chi connectivity index (χ0) is 14.4. The second kappa shape index (κ2) is 7.26. The van der Waals surface area contributed by atoms with Gasteiger partial charge in [-0.1, -0.05) is 6.92 Å². The third-order valence-electron chi connectivity index (χ3n) is 3.47. The Balaban J connectivity index is 2.22. The van der Waals surface area contributed by atoms with E-state index < -0.39 is 0 Å². The minimum Gasteiger partial charge on any atom is -0.464 e. The van der Waals surface area contributed by atoms with Crippen LogP contribution in [0.15, 0.2) is 0 Å². The molecule has 1 aliphatic rings. The topological polar surface area (TPSA) is 63.2 Å². The molecule has 0 saturated carbocycles. The van der Waals surface area contributed by atoms with Crippen molar-refractivity contribution in [3.63, 3.8) is 0 Å². The van der Waals surface area contributed by atoms with Crippen LogP contribution in [0.4, 0.5) is 11.9 Å². The Morgan fingerprint density at radius 1 is 1.25 bits per heavy atom. The molecule has 1 aromatic heterocycles. The maximum absolute atomic E-state index is 5.46. The number of nitrogens with one attached hydrogen (secondary N) is 1. The van der Waals surface area contributed by atoms with Gasteiger partial charge in [-0.3, -0.25) is 0 Å². The normalized spacial score (nSPS) is 18.9. The molecule has 1 atom stereocenters. The Hall–Kier alpha value is -1.59. The summed E-state index contributed by atoms with van der Waals surface area (Å²) in [5.74, 6) is 1.34. The standard InChI is InChI=1S/C14H25N5O/c1-4-9-15-12-16-13(18-14(17-12)20-5-2)19-10-7-6-8-11(19)3/h11H,4-10H2,1-3H3,(H,15,16,17,18). The van der Waals surface area contributed by atoms with E-state index in [-0.39, 0.29) is 0 Å². The maximum atomic E-state index is 5.46. The van der Waals surface area contributed by atoms with E-state index in [0.29, 0.717) is 24.6 Å². The Labute approximate surface area is 121 Å².